The zero-order valence-corrected chi connectivity index (χ0v) is 13.0. The van der Waals surface area contributed by atoms with E-state index >= 15 is 0 Å². The average Bonchev–Trinajstić information content (AvgIpc) is 2.43. The van der Waals surface area contributed by atoms with Gasteiger partial charge in [-0.15, -0.1) is 0 Å². The summed E-state index contributed by atoms with van der Waals surface area (Å²) in [7, 11) is 3.24. The Morgan fingerprint density at radius 1 is 1.16 bits per heavy atom. The first-order valence-corrected chi connectivity index (χ1v) is 7.08. The topological polar surface area (TPSA) is 44.5 Å². The molecule has 1 rings (SSSR count). The first-order valence-electron chi connectivity index (χ1n) is 6.70. The van der Waals surface area contributed by atoms with Crippen molar-refractivity contribution in [1.82, 2.24) is 0 Å². The Morgan fingerprint density at radius 2 is 1.74 bits per heavy atom. The second-order valence-corrected chi connectivity index (χ2v) is 5.28. The zero-order chi connectivity index (χ0) is 14.4. The monoisotopic (exact) mass is 285 g/mol. The van der Waals surface area contributed by atoms with Gasteiger partial charge in [0.1, 0.15) is 0 Å². The Bertz CT molecular complexity index is 409. The summed E-state index contributed by atoms with van der Waals surface area (Å²) >= 11 is 6.31. The molecule has 0 saturated carbocycles. The van der Waals surface area contributed by atoms with Crippen LogP contribution in [0, 0.1) is 0 Å². The van der Waals surface area contributed by atoms with E-state index in [4.69, 9.17) is 26.8 Å². The third kappa shape index (κ3) is 4.29. The van der Waals surface area contributed by atoms with Gasteiger partial charge in [0.15, 0.2) is 11.5 Å². The summed E-state index contributed by atoms with van der Waals surface area (Å²) in [5.41, 5.74) is 7.05. The van der Waals surface area contributed by atoms with E-state index in [0.717, 1.165) is 29.8 Å². The molecule has 2 N–H and O–H groups in total. The van der Waals surface area contributed by atoms with Crippen molar-refractivity contribution in [1.29, 1.82) is 0 Å². The Morgan fingerprint density at radius 3 is 2.26 bits per heavy atom. The zero-order valence-electron chi connectivity index (χ0n) is 12.2. The minimum absolute atomic E-state index is 0.265. The smallest absolute Gasteiger partial charge is 0.162 e. The molecule has 0 saturated heterocycles. The third-order valence-corrected chi connectivity index (χ3v) is 3.86. The van der Waals surface area contributed by atoms with Crippen LogP contribution in [-0.4, -0.2) is 20.3 Å². The van der Waals surface area contributed by atoms with Crippen LogP contribution in [-0.2, 0) is 0 Å². The lowest BCUT2D eigenvalue weighted by Crippen LogP contribution is -2.19. The number of ether oxygens (including phenoxy) is 2. The van der Waals surface area contributed by atoms with Crippen LogP contribution in [0.25, 0.3) is 0 Å². The van der Waals surface area contributed by atoms with Gasteiger partial charge in [-0.05, 0) is 36.8 Å². The quantitative estimate of drug-likeness (QED) is 0.824. The van der Waals surface area contributed by atoms with Gasteiger partial charge >= 0.3 is 0 Å². The molecule has 0 aliphatic carbocycles. The molecule has 0 radical (unpaired) electrons. The van der Waals surface area contributed by atoms with Crippen molar-refractivity contribution in [3.63, 3.8) is 0 Å². The predicted octanol–water partition coefficient (Wildman–Crippen LogP) is 3.98. The van der Waals surface area contributed by atoms with E-state index in [1.807, 2.05) is 12.1 Å². The van der Waals surface area contributed by atoms with Crippen molar-refractivity contribution in [2.75, 3.05) is 14.2 Å². The highest BCUT2D eigenvalue weighted by Gasteiger charge is 2.15. The molecule has 1 aromatic carbocycles. The van der Waals surface area contributed by atoms with Gasteiger partial charge in [0, 0.05) is 17.1 Å². The van der Waals surface area contributed by atoms with Crippen molar-refractivity contribution >= 4 is 11.6 Å². The molecule has 0 aliphatic heterocycles. The molecule has 2 atom stereocenters. The Kier molecular flexibility index (Phi) is 6.46. The summed E-state index contributed by atoms with van der Waals surface area (Å²) in [6.07, 6.45) is 3.03. The molecule has 0 bridgehead atoms. The van der Waals surface area contributed by atoms with E-state index in [9.17, 15) is 0 Å². The molecule has 0 heterocycles. The lowest BCUT2D eigenvalue weighted by Gasteiger charge is -2.18. The summed E-state index contributed by atoms with van der Waals surface area (Å²) in [5, 5.41) is 0.718. The second-order valence-electron chi connectivity index (χ2n) is 4.88. The maximum atomic E-state index is 6.31. The minimum atomic E-state index is 0.265. The Labute approximate surface area is 121 Å². The number of hydrogen-bond acceptors (Lipinski definition) is 3. The molecular weight excluding hydrogens is 262 g/mol. The molecule has 108 valence electrons. The lowest BCUT2D eigenvalue weighted by atomic mass is 9.93. The SMILES string of the molecule is CCC(N)CCC(C)c1cc(OC)c(OC)cc1Cl. The number of benzene rings is 1. The summed E-state index contributed by atoms with van der Waals surface area (Å²) in [6, 6.07) is 4.04. The minimum Gasteiger partial charge on any atom is -0.493 e. The summed E-state index contributed by atoms with van der Waals surface area (Å²) in [6.45, 7) is 4.27. The van der Waals surface area contributed by atoms with Crippen molar-refractivity contribution in [2.45, 2.75) is 45.1 Å². The van der Waals surface area contributed by atoms with Gasteiger partial charge in [-0.2, -0.15) is 0 Å². The highest BCUT2D eigenvalue weighted by atomic mass is 35.5. The number of halogens is 1. The van der Waals surface area contributed by atoms with Crippen molar-refractivity contribution < 1.29 is 9.47 Å². The van der Waals surface area contributed by atoms with Gasteiger partial charge in [0.05, 0.1) is 14.2 Å². The first kappa shape index (κ1) is 16.1. The molecule has 4 heteroatoms. The molecular formula is C15H24ClNO2. The number of nitrogens with two attached hydrogens (primary N) is 1. The van der Waals surface area contributed by atoms with Gasteiger partial charge in [-0.3, -0.25) is 0 Å². The Hall–Kier alpha value is -0.930. The van der Waals surface area contributed by atoms with E-state index < -0.39 is 0 Å². The maximum Gasteiger partial charge on any atom is 0.162 e. The second kappa shape index (κ2) is 7.61. The molecule has 19 heavy (non-hydrogen) atoms. The fourth-order valence-corrected chi connectivity index (χ4v) is 2.41. The van der Waals surface area contributed by atoms with Crippen molar-refractivity contribution in [2.24, 2.45) is 5.73 Å². The molecule has 0 amide bonds. The summed E-state index contributed by atoms with van der Waals surface area (Å²) in [4.78, 5) is 0. The maximum absolute atomic E-state index is 6.31. The van der Waals surface area contributed by atoms with Gasteiger partial charge < -0.3 is 15.2 Å². The number of rotatable bonds is 7. The van der Waals surface area contributed by atoms with Gasteiger partial charge in [0.2, 0.25) is 0 Å². The molecule has 2 unspecified atom stereocenters. The van der Waals surface area contributed by atoms with Crippen LogP contribution in [0.3, 0.4) is 0 Å². The van der Waals surface area contributed by atoms with Gasteiger partial charge in [0.25, 0.3) is 0 Å². The molecule has 0 aliphatic rings. The molecule has 3 nitrogen and oxygen atoms in total. The standard InChI is InChI=1S/C15H24ClNO2/c1-5-11(17)7-6-10(2)12-8-14(18-3)15(19-4)9-13(12)16/h8-11H,5-7,17H2,1-4H3. The third-order valence-electron chi connectivity index (χ3n) is 3.53. The van der Waals surface area contributed by atoms with Crippen LogP contribution < -0.4 is 15.2 Å². The molecule has 0 fully saturated rings. The fourth-order valence-electron chi connectivity index (χ4n) is 2.07. The summed E-state index contributed by atoms with van der Waals surface area (Å²) in [5.74, 6) is 1.73. The van der Waals surface area contributed by atoms with Crippen LogP contribution in [0.1, 0.15) is 44.6 Å². The highest BCUT2D eigenvalue weighted by Crippen LogP contribution is 2.37. The van der Waals surface area contributed by atoms with Crippen LogP contribution in [0.4, 0.5) is 0 Å². The molecule has 0 aromatic heterocycles. The van der Waals surface area contributed by atoms with Crippen LogP contribution in [0.15, 0.2) is 12.1 Å². The molecule has 0 spiro atoms. The van der Waals surface area contributed by atoms with E-state index in [2.05, 4.69) is 13.8 Å². The van der Waals surface area contributed by atoms with Crippen LogP contribution in [0.5, 0.6) is 11.5 Å². The fraction of sp³-hybridized carbons (Fsp3) is 0.600. The van der Waals surface area contributed by atoms with Crippen LogP contribution in [0.2, 0.25) is 5.02 Å². The highest BCUT2D eigenvalue weighted by molar-refractivity contribution is 6.31. The lowest BCUT2D eigenvalue weighted by molar-refractivity contribution is 0.354. The van der Waals surface area contributed by atoms with E-state index in [1.165, 1.54) is 0 Å². The number of methoxy groups -OCH3 is 2. The normalized spacial score (nSPS) is 14.0. The van der Waals surface area contributed by atoms with Gasteiger partial charge in [-0.25, -0.2) is 0 Å². The van der Waals surface area contributed by atoms with Crippen LogP contribution >= 0.6 is 11.6 Å². The first-order chi connectivity index (χ1) is 9.03. The van der Waals surface area contributed by atoms with E-state index in [1.54, 1.807) is 14.2 Å². The molecule has 1 aromatic rings. The summed E-state index contributed by atoms with van der Waals surface area (Å²) < 4.78 is 10.6. The number of hydrogen-bond donors (Lipinski definition) is 1. The predicted molar refractivity (Wildman–Crippen MR) is 80.5 cm³/mol. The van der Waals surface area contributed by atoms with Crippen molar-refractivity contribution in [3.05, 3.63) is 22.7 Å². The van der Waals surface area contributed by atoms with E-state index in [0.29, 0.717) is 17.4 Å². The largest absolute Gasteiger partial charge is 0.493 e. The van der Waals surface area contributed by atoms with E-state index in [-0.39, 0.29) is 6.04 Å². The van der Waals surface area contributed by atoms with Crippen molar-refractivity contribution in [3.8, 4) is 11.5 Å². The Balaban J connectivity index is 2.87. The van der Waals surface area contributed by atoms with Gasteiger partial charge in [-0.1, -0.05) is 25.4 Å². The average molecular weight is 286 g/mol.